The predicted molar refractivity (Wildman–Crippen MR) is 51.1 cm³/mol. The van der Waals surface area contributed by atoms with Crippen LogP contribution in [0.3, 0.4) is 0 Å². The molecule has 0 aliphatic carbocycles. The van der Waals surface area contributed by atoms with E-state index in [1.165, 1.54) is 6.26 Å². The molecule has 0 aliphatic rings. The fourth-order valence-corrected chi connectivity index (χ4v) is 0.694. The molecule has 0 amide bonds. The second-order valence-electron chi connectivity index (χ2n) is 2.82. The number of hydrogen-bond acceptors (Lipinski definition) is 3. The summed E-state index contributed by atoms with van der Waals surface area (Å²) in [6.07, 6.45) is 2.53. The molecule has 0 spiro atoms. The van der Waals surface area contributed by atoms with Crippen molar-refractivity contribution in [3.63, 3.8) is 0 Å². The molecule has 2 atom stereocenters. The highest BCUT2D eigenvalue weighted by Gasteiger charge is 2.13. The van der Waals surface area contributed by atoms with Crippen LogP contribution in [0.2, 0.25) is 0 Å². The van der Waals surface area contributed by atoms with Gasteiger partial charge in [0.1, 0.15) is 6.10 Å². The van der Waals surface area contributed by atoms with Crippen molar-refractivity contribution >= 4 is 5.97 Å². The molecule has 3 nitrogen and oxygen atoms in total. The van der Waals surface area contributed by atoms with Crippen molar-refractivity contribution < 1.29 is 14.3 Å². The average molecular weight is 184 g/mol. The number of carbonyl (C=O) groups excluding carboxylic acids is 1. The molecule has 0 saturated carbocycles. The zero-order valence-corrected chi connectivity index (χ0v) is 8.16. The van der Waals surface area contributed by atoms with Crippen molar-refractivity contribution in [1.29, 1.82) is 0 Å². The number of hydrogen-bond donors (Lipinski definition) is 0. The van der Waals surface area contributed by atoms with Crippen LogP contribution in [0.15, 0.2) is 25.5 Å². The topological polar surface area (TPSA) is 35.5 Å². The number of ether oxygens (including phenoxy) is 2. The maximum atomic E-state index is 10.7. The van der Waals surface area contributed by atoms with Crippen LogP contribution in [0, 0.1) is 5.92 Å². The molecule has 0 saturated heterocycles. The largest absolute Gasteiger partial charge is 0.499 e. The molecule has 0 fully saturated rings. The van der Waals surface area contributed by atoms with E-state index >= 15 is 0 Å². The highest BCUT2D eigenvalue weighted by Crippen LogP contribution is 2.07. The van der Waals surface area contributed by atoms with Crippen molar-refractivity contribution in [2.75, 3.05) is 6.61 Å². The summed E-state index contributed by atoms with van der Waals surface area (Å²) in [6.45, 7) is 10.9. The molecule has 2 unspecified atom stereocenters. The van der Waals surface area contributed by atoms with Gasteiger partial charge in [0.2, 0.25) is 0 Å². The smallest absolute Gasteiger partial charge is 0.330 e. The van der Waals surface area contributed by atoms with Crippen LogP contribution in [0.5, 0.6) is 0 Å². The number of rotatable bonds is 6. The molecule has 0 aromatic rings. The van der Waals surface area contributed by atoms with E-state index in [1.807, 2.05) is 13.8 Å². The number of esters is 1. The second kappa shape index (κ2) is 6.29. The quantitative estimate of drug-likeness (QED) is 0.359. The van der Waals surface area contributed by atoms with E-state index in [2.05, 4.69) is 13.2 Å². The maximum Gasteiger partial charge on any atom is 0.330 e. The van der Waals surface area contributed by atoms with Gasteiger partial charge in [0.05, 0.1) is 12.9 Å². The van der Waals surface area contributed by atoms with Crippen molar-refractivity contribution in [2.24, 2.45) is 5.92 Å². The van der Waals surface area contributed by atoms with Gasteiger partial charge in [-0.05, 0) is 6.92 Å². The van der Waals surface area contributed by atoms with Crippen LogP contribution >= 0.6 is 0 Å². The summed E-state index contributed by atoms with van der Waals surface area (Å²) in [5, 5.41) is 0. The molecule has 0 heterocycles. The van der Waals surface area contributed by atoms with Crippen molar-refractivity contribution in [2.45, 2.75) is 20.0 Å². The molecule has 13 heavy (non-hydrogen) atoms. The van der Waals surface area contributed by atoms with E-state index in [4.69, 9.17) is 9.47 Å². The van der Waals surface area contributed by atoms with Gasteiger partial charge in [-0.25, -0.2) is 4.79 Å². The monoisotopic (exact) mass is 184 g/mol. The molecule has 0 rings (SSSR count). The van der Waals surface area contributed by atoms with E-state index < -0.39 is 5.97 Å². The fraction of sp³-hybridized carbons (Fsp3) is 0.500. The van der Waals surface area contributed by atoms with Crippen molar-refractivity contribution in [1.82, 2.24) is 0 Å². The summed E-state index contributed by atoms with van der Waals surface area (Å²) < 4.78 is 9.97. The zero-order chi connectivity index (χ0) is 10.3. The Balaban J connectivity index is 3.72. The second-order valence-corrected chi connectivity index (χ2v) is 2.82. The Bertz CT molecular complexity index is 187. The Labute approximate surface area is 79.0 Å². The highest BCUT2D eigenvalue weighted by atomic mass is 16.5. The lowest BCUT2D eigenvalue weighted by molar-refractivity contribution is -0.139. The Morgan fingerprint density at radius 1 is 1.46 bits per heavy atom. The SMILES string of the molecule is C=COC(C)C(C)COC(=O)C=C. The van der Waals surface area contributed by atoms with E-state index in [0.29, 0.717) is 6.61 Å². The molecule has 0 N–H and O–H groups in total. The van der Waals surface area contributed by atoms with Crippen LogP contribution < -0.4 is 0 Å². The van der Waals surface area contributed by atoms with Crippen molar-refractivity contribution in [3.05, 3.63) is 25.5 Å². The minimum absolute atomic E-state index is 0.00452. The summed E-state index contributed by atoms with van der Waals surface area (Å²) in [7, 11) is 0. The lowest BCUT2D eigenvalue weighted by atomic mass is 10.1. The predicted octanol–water partition coefficient (Wildman–Crippen LogP) is 1.90. The molecule has 0 aromatic carbocycles. The lowest BCUT2D eigenvalue weighted by Gasteiger charge is -2.18. The van der Waals surface area contributed by atoms with E-state index in [9.17, 15) is 4.79 Å². The zero-order valence-electron chi connectivity index (χ0n) is 8.16. The first-order valence-electron chi connectivity index (χ1n) is 4.17. The van der Waals surface area contributed by atoms with E-state index in [0.717, 1.165) is 6.08 Å². The van der Waals surface area contributed by atoms with Gasteiger partial charge in [-0.15, -0.1) is 0 Å². The van der Waals surface area contributed by atoms with Crippen LogP contribution in [-0.2, 0) is 14.3 Å². The summed E-state index contributed by atoms with van der Waals surface area (Å²) in [5.41, 5.74) is 0. The fourth-order valence-electron chi connectivity index (χ4n) is 0.694. The van der Waals surface area contributed by atoms with Crippen molar-refractivity contribution in [3.8, 4) is 0 Å². The third-order valence-electron chi connectivity index (χ3n) is 1.77. The van der Waals surface area contributed by atoms with Crippen LogP contribution in [-0.4, -0.2) is 18.7 Å². The van der Waals surface area contributed by atoms with Crippen LogP contribution in [0.25, 0.3) is 0 Å². The summed E-state index contributed by atoms with van der Waals surface area (Å²) in [4.78, 5) is 10.7. The van der Waals surface area contributed by atoms with E-state index in [-0.39, 0.29) is 12.0 Å². The van der Waals surface area contributed by atoms with Gasteiger partial charge in [0.25, 0.3) is 0 Å². The van der Waals surface area contributed by atoms with Gasteiger partial charge >= 0.3 is 5.97 Å². The van der Waals surface area contributed by atoms with E-state index in [1.54, 1.807) is 0 Å². The maximum absolute atomic E-state index is 10.7. The first kappa shape index (κ1) is 11.8. The van der Waals surface area contributed by atoms with Gasteiger partial charge in [0, 0.05) is 12.0 Å². The Morgan fingerprint density at radius 3 is 2.54 bits per heavy atom. The van der Waals surface area contributed by atoms with Gasteiger partial charge < -0.3 is 9.47 Å². The Hall–Kier alpha value is -1.25. The minimum Gasteiger partial charge on any atom is -0.499 e. The third-order valence-corrected chi connectivity index (χ3v) is 1.77. The molecule has 0 radical (unpaired) electrons. The molecular weight excluding hydrogens is 168 g/mol. The summed E-state index contributed by atoms with van der Waals surface area (Å²) in [6, 6.07) is 0. The van der Waals surface area contributed by atoms with Gasteiger partial charge in [-0.3, -0.25) is 0 Å². The molecule has 0 aliphatic heterocycles. The molecule has 0 bridgehead atoms. The lowest BCUT2D eigenvalue weighted by Crippen LogP contribution is -2.22. The molecule has 74 valence electrons. The number of carbonyl (C=O) groups is 1. The summed E-state index contributed by atoms with van der Waals surface area (Å²) >= 11 is 0. The van der Waals surface area contributed by atoms with Gasteiger partial charge in [-0.1, -0.05) is 20.1 Å². The van der Waals surface area contributed by atoms with Gasteiger partial charge in [-0.2, -0.15) is 0 Å². The standard InChI is InChI=1S/C10H16O3/c1-5-10(11)13-7-8(3)9(4)12-6-2/h5-6,8-9H,1-2,7H2,3-4H3. The molecular formula is C10H16O3. The first-order chi connectivity index (χ1) is 6.11. The highest BCUT2D eigenvalue weighted by molar-refractivity contribution is 5.81. The molecule has 3 heteroatoms. The Morgan fingerprint density at radius 2 is 2.08 bits per heavy atom. The van der Waals surface area contributed by atoms with Gasteiger partial charge in [0.15, 0.2) is 0 Å². The van der Waals surface area contributed by atoms with Crippen LogP contribution in [0.1, 0.15) is 13.8 Å². The Kier molecular flexibility index (Phi) is 5.68. The normalized spacial score (nSPS) is 14.0. The minimum atomic E-state index is -0.405. The third kappa shape index (κ3) is 5.06. The van der Waals surface area contributed by atoms with Crippen LogP contribution in [0.4, 0.5) is 0 Å². The molecule has 0 aromatic heterocycles. The summed E-state index contributed by atoms with van der Waals surface area (Å²) in [5.74, 6) is -0.264. The average Bonchev–Trinajstić information content (AvgIpc) is 2.13. The first-order valence-corrected chi connectivity index (χ1v) is 4.17.